The van der Waals surface area contributed by atoms with Crippen LogP contribution in [-0.4, -0.2) is 81.1 Å². The Balaban J connectivity index is 1.19. The molecule has 1 aliphatic carbocycles. The first-order valence-electron chi connectivity index (χ1n) is 16.9. The summed E-state index contributed by atoms with van der Waals surface area (Å²) in [4.78, 5) is 34.6. The number of methoxy groups -OCH3 is 1. The van der Waals surface area contributed by atoms with Gasteiger partial charge >= 0.3 is 0 Å². The molecular formula is C38H47ClN4O4. The minimum Gasteiger partial charge on any atom is -0.493 e. The maximum atomic E-state index is 13.9. The number of benzene rings is 3. The van der Waals surface area contributed by atoms with Crippen molar-refractivity contribution in [2.75, 3.05) is 57.2 Å². The Morgan fingerprint density at radius 3 is 2.26 bits per heavy atom. The Labute approximate surface area is 284 Å². The van der Waals surface area contributed by atoms with Crippen LogP contribution < -0.4 is 19.3 Å². The van der Waals surface area contributed by atoms with E-state index in [-0.39, 0.29) is 30.4 Å². The van der Waals surface area contributed by atoms with Gasteiger partial charge in [-0.3, -0.25) is 14.5 Å². The van der Waals surface area contributed by atoms with Gasteiger partial charge in [-0.15, -0.1) is 0 Å². The highest BCUT2D eigenvalue weighted by molar-refractivity contribution is 6.30. The van der Waals surface area contributed by atoms with Gasteiger partial charge in [-0.1, -0.05) is 23.7 Å². The average Bonchev–Trinajstić information content (AvgIpc) is 3.06. The molecule has 6 rings (SSSR count). The van der Waals surface area contributed by atoms with Crippen molar-refractivity contribution in [3.63, 3.8) is 0 Å². The summed E-state index contributed by atoms with van der Waals surface area (Å²) in [5, 5.41) is 0.650. The highest BCUT2D eigenvalue weighted by Gasteiger charge is 2.36. The van der Waals surface area contributed by atoms with Gasteiger partial charge in [0.2, 0.25) is 11.8 Å². The van der Waals surface area contributed by atoms with Crippen molar-refractivity contribution in [2.24, 2.45) is 5.92 Å². The number of rotatable bonds is 9. The zero-order chi connectivity index (χ0) is 33.2. The molecule has 0 bridgehead atoms. The van der Waals surface area contributed by atoms with Crippen molar-refractivity contribution in [3.05, 3.63) is 82.4 Å². The second-order valence-corrected chi connectivity index (χ2v) is 14.1. The Morgan fingerprint density at radius 1 is 0.915 bits per heavy atom. The lowest BCUT2D eigenvalue weighted by atomic mass is 9.84. The van der Waals surface area contributed by atoms with Crippen LogP contribution in [0, 0.1) is 5.92 Å². The van der Waals surface area contributed by atoms with E-state index in [0.717, 1.165) is 60.5 Å². The Hall–Kier alpha value is -3.75. The number of nitrogens with zero attached hydrogens (tertiary/aromatic N) is 4. The smallest absolute Gasteiger partial charge is 0.236 e. The molecule has 2 amide bonds. The number of likely N-dealkylation sites (N-methyl/N-ethyl adjacent to an activating group) is 1. The fourth-order valence-corrected chi connectivity index (χ4v) is 7.60. The largest absolute Gasteiger partial charge is 0.493 e. The third-order valence-corrected chi connectivity index (χ3v) is 10.3. The molecule has 0 radical (unpaired) electrons. The summed E-state index contributed by atoms with van der Waals surface area (Å²) >= 11 is 6.29. The number of anilines is 2. The van der Waals surface area contributed by atoms with Crippen LogP contribution in [0.4, 0.5) is 11.4 Å². The molecule has 2 aliphatic heterocycles. The molecule has 1 atom stereocenters. The molecule has 3 aliphatic rings. The number of carbonyl (C=O) groups excluding carboxylic acids is 2. The summed E-state index contributed by atoms with van der Waals surface area (Å²) in [6.45, 7) is 7.34. The number of ether oxygens (including phenoxy) is 2. The van der Waals surface area contributed by atoms with Gasteiger partial charge in [0.05, 0.1) is 32.2 Å². The van der Waals surface area contributed by atoms with Crippen molar-refractivity contribution in [2.45, 2.75) is 64.1 Å². The molecule has 0 unspecified atom stereocenters. The van der Waals surface area contributed by atoms with Crippen molar-refractivity contribution in [1.29, 1.82) is 0 Å². The number of halogens is 1. The monoisotopic (exact) mass is 658 g/mol. The SMILES string of the molecule is COc1cc2c(cc1OC(C)C)[C@@H](c1ccc(Cl)cc1)N(c1ccc(N(C)CC3CCC(N4CCN(C)C(=O)C4)CC3)cc1)C(=O)C2. The number of fused-ring (bicyclic) bond motifs is 1. The van der Waals surface area contributed by atoms with Crippen LogP contribution >= 0.6 is 11.6 Å². The summed E-state index contributed by atoms with van der Waals surface area (Å²) in [7, 11) is 5.68. The fraction of sp³-hybridized carbons (Fsp3) is 0.474. The molecule has 1 saturated carbocycles. The number of carbonyl (C=O) groups is 2. The van der Waals surface area contributed by atoms with E-state index in [4.69, 9.17) is 21.1 Å². The van der Waals surface area contributed by atoms with Crippen LogP contribution in [0.3, 0.4) is 0 Å². The fourth-order valence-electron chi connectivity index (χ4n) is 7.47. The van der Waals surface area contributed by atoms with Crippen LogP contribution in [0.25, 0.3) is 0 Å². The minimum atomic E-state index is -0.349. The van der Waals surface area contributed by atoms with Gasteiger partial charge in [-0.2, -0.15) is 0 Å². The van der Waals surface area contributed by atoms with Gasteiger partial charge in [-0.25, -0.2) is 0 Å². The zero-order valence-corrected chi connectivity index (χ0v) is 29.0. The van der Waals surface area contributed by atoms with E-state index in [0.29, 0.717) is 35.0 Å². The highest BCUT2D eigenvalue weighted by atomic mass is 35.5. The van der Waals surface area contributed by atoms with Crippen LogP contribution in [0.5, 0.6) is 11.5 Å². The van der Waals surface area contributed by atoms with Crippen LogP contribution in [0.1, 0.15) is 62.3 Å². The van der Waals surface area contributed by atoms with E-state index in [1.807, 2.05) is 67.1 Å². The first-order valence-corrected chi connectivity index (χ1v) is 17.2. The summed E-state index contributed by atoms with van der Waals surface area (Å²) < 4.78 is 11.8. The maximum Gasteiger partial charge on any atom is 0.236 e. The summed E-state index contributed by atoms with van der Waals surface area (Å²) in [6.07, 6.45) is 4.88. The van der Waals surface area contributed by atoms with Crippen molar-refractivity contribution in [3.8, 4) is 11.5 Å². The molecule has 3 aromatic rings. The van der Waals surface area contributed by atoms with E-state index in [2.05, 4.69) is 41.1 Å². The molecular weight excluding hydrogens is 612 g/mol. The first kappa shape index (κ1) is 33.2. The van der Waals surface area contributed by atoms with E-state index >= 15 is 0 Å². The lowest BCUT2D eigenvalue weighted by molar-refractivity contribution is -0.135. The predicted molar refractivity (Wildman–Crippen MR) is 188 cm³/mol. The molecule has 250 valence electrons. The second-order valence-electron chi connectivity index (χ2n) is 13.6. The average molecular weight is 659 g/mol. The predicted octanol–water partition coefficient (Wildman–Crippen LogP) is 6.58. The van der Waals surface area contributed by atoms with Crippen molar-refractivity contribution < 1.29 is 19.1 Å². The summed E-state index contributed by atoms with van der Waals surface area (Å²) in [5.41, 5.74) is 4.90. The normalized spacial score (nSPS) is 22.0. The molecule has 2 heterocycles. The van der Waals surface area contributed by atoms with E-state index in [9.17, 15) is 9.59 Å². The van der Waals surface area contributed by atoms with E-state index in [1.54, 1.807) is 7.11 Å². The molecule has 8 nitrogen and oxygen atoms in total. The van der Waals surface area contributed by atoms with Gasteiger partial charge in [0.15, 0.2) is 11.5 Å². The highest BCUT2D eigenvalue weighted by Crippen LogP contribution is 2.44. The van der Waals surface area contributed by atoms with Crippen molar-refractivity contribution in [1.82, 2.24) is 9.80 Å². The Kier molecular flexibility index (Phi) is 9.99. The zero-order valence-electron chi connectivity index (χ0n) is 28.2. The Bertz CT molecular complexity index is 1570. The van der Waals surface area contributed by atoms with Gasteiger partial charge in [0, 0.05) is 56.2 Å². The standard InChI is InChI=1S/C38H47ClN4O4/c1-25(2)47-35-22-33-28(20-34(35)46-5)21-36(44)43(38(33)27-8-10-29(39)11-9-27)32-16-14-30(15-17-32)41(4)23-26-6-12-31(13-7-26)42-19-18-40(3)37(45)24-42/h8-11,14-17,20,22,25-26,31,38H,6-7,12-13,18-19,21,23-24H2,1-5H3/t26?,31?,38-/m1/s1. The third kappa shape index (κ3) is 7.24. The number of piperazine rings is 1. The molecule has 0 aromatic heterocycles. The van der Waals surface area contributed by atoms with Crippen molar-refractivity contribution >= 4 is 34.8 Å². The number of amides is 2. The van der Waals surface area contributed by atoms with E-state index in [1.165, 1.54) is 12.8 Å². The minimum absolute atomic E-state index is 0.0249. The van der Waals surface area contributed by atoms with Gasteiger partial charge < -0.3 is 24.2 Å². The van der Waals surface area contributed by atoms with Crippen LogP contribution in [0.15, 0.2) is 60.7 Å². The van der Waals surface area contributed by atoms with Crippen LogP contribution in [0.2, 0.25) is 5.02 Å². The summed E-state index contributed by atoms with van der Waals surface area (Å²) in [6, 6.07) is 20.3. The number of hydrogen-bond donors (Lipinski definition) is 0. The van der Waals surface area contributed by atoms with Crippen LogP contribution in [-0.2, 0) is 16.0 Å². The number of hydrogen-bond acceptors (Lipinski definition) is 6. The van der Waals surface area contributed by atoms with Gasteiger partial charge in [-0.05, 0) is 111 Å². The Morgan fingerprint density at radius 2 is 1.62 bits per heavy atom. The molecule has 3 aromatic carbocycles. The molecule has 1 saturated heterocycles. The third-order valence-electron chi connectivity index (χ3n) is 10.1. The molecule has 0 spiro atoms. The molecule has 9 heteroatoms. The maximum absolute atomic E-state index is 13.9. The quantitative estimate of drug-likeness (QED) is 0.259. The summed E-state index contributed by atoms with van der Waals surface area (Å²) in [5.74, 6) is 2.17. The lowest BCUT2D eigenvalue weighted by Crippen LogP contribution is -2.53. The molecule has 47 heavy (non-hydrogen) atoms. The lowest BCUT2D eigenvalue weighted by Gasteiger charge is -2.41. The molecule has 2 fully saturated rings. The second kappa shape index (κ2) is 14.2. The van der Waals surface area contributed by atoms with Gasteiger partial charge in [0.25, 0.3) is 0 Å². The van der Waals surface area contributed by atoms with E-state index < -0.39 is 0 Å². The topological polar surface area (TPSA) is 65.6 Å². The first-order chi connectivity index (χ1) is 22.6. The molecule has 0 N–H and O–H groups in total. The van der Waals surface area contributed by atoms with Gasteiger partial charge in [0.1, 0.15) is 0 Å².